The number of rotatable bonds is 12. The van der Waals surface area contributed by atoms with Crippen LogP contribution in [0.4, 0.5) is 5.69 Å². The van der Waals surface area contributed by atoms with Crippen LogP contribution >= 0.6 is 11.6 Å². The van der Waals surface area contributed by atoms with Crippen LogP contribution in [-0.2, 0) is 23.2 Å². The Bertz CT molecular complexity index is 1610. The Kier molecular flexibility index (Phi) is 10.00. The second kappa shape index (κ2) is 13.8. The quantitative estimate of drug-likeness (QED) is 0.160. The number of benzene rings is 4. The van der Waals surface area contributed by atoms with Crippen LogP contribution in [-0.4, -0.2) is 33.4 Å². The van der Waals surface area contributed by atoms with E-state index >= 15 is 0 Å². The van der Waals surface area contributed by atoms with Crippen LogP contribution in [0.1, 0.15) is 34.0 Å². The van der Waals surface area contributed by atoms with Gasteiger partial charge in [0.2, 0.25) is 10.0 Å². The second-order valence-corrected chi connectivity index (χ2v) is 11.3. The number of nitrogens with one attached hydrogen (secondary N) is 1. The molecule has 0 saturated carbocycles. The zero-order valence-corrected chi connectivity index (χ0v) is 24.2. The zero-order chi connectivity index (χ0) is 29.2. The summed E-state index contributed by atoms with van der Waals surface area (Å²) in [6.07, 6.45) is 2.63. The van der Waals surface area contributed by atoms with Crippen LogP contribution < -0.4 is 19.2 Å². The topological polar surface area (TPSA) is 97.3 Å². The van der Waals surface area contributed by atoms with Gasteiger partial charge in [0.1, 0.15) is 6.61 Å². The number of halogens is 1. The molecule has 4 aromatic rings. The largest absolute Gasteiger partial charge is 0.490 e. The molecule has 8 nitrogen and oxygen atoms in total. The van der Waals surface area contributed by atoms with Gasteiger partial charge in [0.05, 0.1) is 31.3 Å². The highest BCUT2D eigenvalue weighted by Crippen LogP contribution is 2.29. The van der Waals surface area contributed by atoms with E-state index < -0.39 is 15.9 Å². The smallest absolute Gasteiger partial charge is 0.271 e. The molecule has 0 radical (unpaired) electrons. The number of carbonyl (C=O) groups is 1. The lowest BCUT2D eigenvalue weighted by atomic mass is 10.2. The predicted molar refractivity (Wildman–Crippen MR) is 162 cm³/mol. The third kappa shape index (κ3) is 8.33. The van der Waals surface area contributed by atoms with E-state index in [0.29, 0.717) is 52.1 Å². The summed E-state index contributed by atoms with van der Waals surface area (Å²) >= 11 is 6.23. The fourth-order valence-electron chi connectivity index (χ4n) is 3.92. The van der Waals surface area contributed by atoms with Crippen LogP contribution in [0, 0.1) is 0 Å². The molecule has 1 N–H and O–H groups in total. The number of amides is 1. The van der Waals surface area contributed by atoms with Crippen LogP contribution in [0.5, 0.6) is 11.5 Å². The van der Waals surface area contributed by atoms with Gasteiger partial charge in [-0.1, -0.05) is 60.1 Å². The van der Waals surface area contributed by atoms with Gasteiger partial charge in [-0.15, -0.1) is 0 Å². The van der Waals surface area contributed by atoms with Crippen molar-refractivity contribution in [3.8, 4) is 11.5 Å². The first kappa shape index (κ1) is 29.6. The van der Waals surface area contributed by atoms with E-state index in [1.54, 1.807) is 48.5 Å². The highest BCUT2D eigenvalue weighted by atomic mass is 35.5. The number of hydrogen-bond acceptors (Lipinski definition) is 6. The minimum absolute atomic E-state index is 0.0637. The van der Waals surface area contributed by atoms with Crippen molar-refractivity contribution in [2.45, 2.75) is 20.1 Å². The Morgan fingerprint density at radius 3 is 2.32 bits per heavy atom. The highest BCUT2D eigenvalue weighted by molar-refractivity contribution is 7.92. The molecule has 0 saturated heterocycles. The number of hydrogen-bond donors (Lipinski definition) is 1. The SMILES string of the molecule is CCOc1cc(/C=N\NC(=O)c2ccc(N(Cc3ccccc3Cl)S(C)(=O)=O)cc2)ccc1OCc1ccccc1. The summed E-state index contributed by atoms with van der Waals surface area (Å²) in [5, 5.41) is 4.53. The van der Waals surface area contributed by atoms with Gasteiger partial charge < -0.3 is 9.47 Å². The Hall–Kier alpha value is -4.34. The minimum atomic E-state index is -3.61. The number of hydrazone groups is 1. The summed E-state index contributed by atoms with van der Waals surface area (Å²) in [5.74, 6) is 0.730. The predicted octanol–water partition coefficient (Wildman–Crippen LogP) is 6.05. The minimum Gasteiger partial charge on any atom is -0.490 e. The normalized spacial score (nSPS) is 11.3. The van der Waals surface area contributed by atoms with Gasteiger partial charge in [0.15, 0.2) is 11.5 Å². The number of carbonyl (C=O) groups excluding carboxylic acids is 1. The molecular weight excluding hydrogens is 562 g/mol. The first-order valence-electron chi connectivity index (χ1n) is 12.8. The van der Waals surface area contributed by atoms with E-state index in [9.17, 15) is 13.2 Å². The van der Waals surface area contributed by atoms with E-state index in [2.05, 4.69) is 10.5 Å². The van der Waals surface area contributed by atoms with Gasteiger partial charge in [-0.05, 0) is 72.1 Å². The molecule has 0 aliphatic rings. The Morgan fingerprint density at radius 2 is 1.63 bits per heavy atom. The maximum absolute atomic E-state index is 12.7. The molecule has 1 amide bonds. The third-order valence-corrected chi connectivity index (χ3v) is 7.48. The molecular formula is C31H30ClN3O5S. The van der Waals surface area contributed by atoms with Gasteiger partial charge >= 0.3 is 0 Å². The summed E-state index contributed by atoms with van der Waals surface area (Å²) in [5.41, 5.74) is 5.64. The molecule has 4 aromatic carbocycles. The monoisotopic (exact) mass is 591 g/mol. The first-order chi connectivity index (χ1) is 19.7. The number of nitrogens with zero attached hydrogens (tertiary/aromatic N) is 2. The van der Waals surface area contributed by atoms with E-state index in [1.807, 2.05) is 43.3 Å². The van der Waals surface area contributed by atoms with Crippen molar-refractivity contribution in [3.63, 3.8) is 0 Å². The maximum Gasteiger partial charge on any atom is 0.271 e. The molecule has 0 atom stereocenters. The lowest BCUT2D eigenvalue weighted by Gasteiger charge is -2.23. The Morgan fingerprint density at radius 1 is 0.927 bits per heavy atom. The average Bonchev–Trinajstić information content (AvgIpc) is 2.96. The van der Waals surface area contributed by atoms with Crippen molar-refractivity contribution >= 4 is 39.4 Å². The standard InChI is InChI=1S/C31H30ClN3O5S/c1-3-39-30-19-24(13-18-29(30)40-22-23-9-5-4-6-10-23)20-33-34-31(36)25-14-16-27(17-15-25)35(41(2,37)38)21-26-11-7-8-12-28(26)32/h4-20H,3,21-22H2,1-2H3,(H,34,36)/b33-20-. The number of sulfonamides is 1. The van der Waals surface area contributed by atoms with E-state index in [1.165, 1.54) is 22.7 Å². The van der Waals surface area contributed by atoms with E-state index in [-0.39, 0.29) is 6.54 Å². The van der Waals surface area contributed by atoms with Gasteiger partial charge in [0, 0.05) is 10.6 Å². The molecule has 0 spiro atoms. The van der Waals surface area contributed by atoms with Crippen molar-refractivity contribution in [1.29, 1.82) is 0 Å². The van der Waals surface area contributed by atoms with Crippen LogP contribution in [0.2, 0.25) is 5.02 Å². The van der Waals surface area contributed by atoms with Gasteiger partial charge in [-0.25, -0.2) is 13.8 Å². The third-order valence-electron chi connectivity index (χ3n) is 5.97. The van der Waals surface area contributed by atoms with Crippen molar-refractivity contribution in [1.82, 2.24) is 5.43 Å². The second-order valence-electron chi connectivity index (χ2n) is 9.02. The average molecular weight is 592 g/mol. The highest BCUT2D eigenvalue weighted by Gasteiger charge is 2.19. The van der Waals surface area contributed by atoms with Crippen molar-refractivity contribution in [2.75, 3.05) is 17.2 Å². The lowest BCUT2D eigenvalue weighted by molar-refractivity contribution is 0.0955. The van der Waals surface area contributed by atoms with Crippen LogP contribution in [0.3, 0.4) is 0 Å². The van der Waals surface area contributed by atoms with Crippen LogP contribution in [0.15, 0.2) is 102 Å². The molecule has 0 fully saturated rings. The molecule has 0 aliphatic carbocycles. The number of ether oxygens (including phenoxy) is 2. The lowest BCUT2D eigenvalue weighted by Crippen LogP contribution is -2.29. The molecule has 0 unspecified atom stereocenters. The molecule has 0 heterocycles. The van der Waals surface area contributed by atoms with Crippen molar-refractivity contribution < 1.29 is 22.7 Å². The fourth-order valence-corrected chi connectivity index (χ4v) is 4.99. The van der Waals surface area contributed by atoms with Crippen molar-refractivity contribution in [3.05, 3.63) is 124 Å². The summed E-state index contributed by atoms with van der Waals surface area (Å²) in [6, 6.07) is 28.5. The Labute approximate surface area is 245 Å². The molecule has 212 valence electrons. The summed E-state index contributed by atoms with van der Waals surface area (Å²) < 4.78 is 37.9. The molecule has 41 heavy (non-hydrogen) atoms. The van der Waals surface area contributed by atoms with Gasteiger partial charge in [-0.3, -0.25) is 9.10 Å². The fraction of sp³-hybridized carbons (Fsp3) is 0.161. The van der Waals surface area contributed by atoms with Crippen molar-refractivity contribution in [2.24, 2.45) is 5.10 Å². The van der Waals surface area contributed by atoms with Crippen LogP contribution in [0.25, 0.3) is 0 Å². The molecule has 10 heteroatoms. The molecule has 0 aromatic heterocycles. The van der Waals surface area contributed by atoms with Gasteiger partial charge in [-0.2, -0.15) is 5.10 Å². The van der Waals surface area contributed by atoms with E-state index in [4.69, 9.17) is 21.1 Å². The van der Waals surface area contributed by atoms with E-state index in [0.717, 1.165) is 11.8 Å². The molecule has 0 bridgehead atoms. The molecule has 4 rings (SSSR count). The zero-order valence-electron chi connectivity index (χ0n) is 22.7. The Balaban J connectivity index is 1.40. The first-order valence-corrected chi connectivity index (χ1v) is 15.1. The molecule has 0 aliphatic heterocycles. The maximum atomic E-state index is 12.7. The summed E-state index contributed by atoms with van der Waals surface area (Å²) in [6.45, 7) is 2.82. The summed E-state index contributed by atoms with van der Waals surface area (Å²) in [7, 11) is -3.61. The van der Waals surface area contributed by atoms with Gasteiger partial charge in [0.25, 0.3) is 5.91 Å². The summed E-state index contributed by atoms with van der Waals surface area (Å²) in [4.78, 5) is 12.7. The number of anilines is 1.